The van der Waals surface area contributed by atoms with Crippen LogP contribution in [0.2, 0.25) is 0 Å². The summed E-state index contributed by atoms with van der Waals surface area (Å²) in [6.45, 7) is 0.170. The van der Waals surface area contributed by atoms with Crippen molar-refractivity contribution in [3.63, 3.8) is 0 Å². The average Bonchev–Trinajstić information content (AvgIpc) is 3.53. The molecule has 1 aliphatic heterocycles. The lowest BCUT2D eigenvalue weighted by molar-refractivity contribution is -0.141. The molecule has 0 saturated carbocycles. The summed E-state index contributed by atoms with van der Waals surface area (Å²) in [5.41, 5.74) is -0.126. The number of imidazole rings is 1. The topological polar surface area (TPSA) is 77.6 Å². The first-order valence-corrected chi connectivity index (χ1v) is 11.2. The summed E-state index contributed by atoms with van der Waals surface area (Å²) in [5, 5.41) is 4.26. The van der Waals surface area contributed by atoms with E-state index in [0.717, 1.165) is 23.4 Å². The van der Waals surface area contributed by atoms with Crippen molar-refractivity contribution in [3.8, 4) is 11.4 Å². The van der Waals surface area contributed by atoms with Crippen LogP contribution in [-0.2, 0) is 11.3 Å². The molecule has 190 valence electrons. The molecule has 5 rings (SSSR count). The molecule has 1 fully saturated rings. The highest BCUT2D eigenvalue weighted by atomic mass is 19.4. The number of likely N-dealkylation sites (tertiary alicyclic amines) is 1. The van der Waals surface area contributed by atoms with Crippen molar-refractivity contribution in [2.24, 2.45) is 5.92 Å². The van der Waals surface area contributed by atoms with Gasteiger partial charge in [0, 0.05) is 50.7 Å². The predicted molar refractivity (Wildman–Crippen MR) is 118 cm³/mol. The Bertz CT molecular complexity index is 1450. The van der Waals surface area contributed by atoms with E-state index in [9.17, 15) is 26.7 Å². The van der Waals surface area contributed by atoms with Gasteiger partial charge in [-0.2, -0.15) is 18.3 Å². The zero-order chi connectivity index (χ0) is 25.6. The summed E-state index contributed by atoms with van der Waals surface area (Å²) >= 11 is 0. The third-order valence-electron chi connectivity index (χ3n) is 6.26. The lowest BCUT2D eigenvalue weighted by atomic mass is 10.1. The number of hydrogen-bond donors (Lipinski definition) is 0. The summed E-state index contributed by atoms with van der Waals surface area (Å²) in [6.07, 6.45) is 0.412. The van der Waals surface area contributed by atoms with Crippen molar-refractivity contribution in [3.05, 3.63) is 48.1 Å². The Hall–Kier alpha value is -3.61. The Morgan fingerprint density at radius 1 is 1.19 bits per heavy atom. The third-order valence-corrected chi connectivity index (χ3v) is 6.26. The third kappa shape index (κ3) is 4.50. The van der Waals surface area contributed by atoms with Gasteiger partial charge in [-0.05, 0) is 24.8 Å². The number of halogens is 5. The van der Waals surface area contributed by atoms with Crippen molar-refractivity contribution in [1.29, 1.82) is 0 Å². The Kier molecular flexibility index (Phi) is 6.10. The molecule has 1 amide bonds. The van der Waals surface area contributed by atoms with Crippen molar-refractivity contribution >= 4 is 22.5 Å². The molecule has 4 aromatic rings. The number of nitrogens with zero attached hydrogens (tertiary/aromatic N) is 6. The van der Waals surface area contributed by atoms with Crippen LogP contribution in [0.5, 0.6) is 0 Å². The van der Waals surface area contributed by atoms with E-state index in [1.54, 1.807) is 12.0 Å². The van der Waals surface area contributed by atoms with Crippen LogP contribution < -0.4 is 0 Å². The Morgan fingerprint density at radius 3 is 2.75 bits per heavy atom. The highest BCUT2D eigenvalue weighted by molar-refractivity contribution is 5.99. The average molecular weight is 508 g/mol. The van der Waals surface area contributed by atoms with Crippen LogP contribution in [0.3, 0.4) is 0 Å². The number of carbonyl (C=O) groups is 1. The molecule has 0 radical (unpaired) electrons. The molecular formula is C23H21F5N6O2. The van der Waals surface area contributed by atoms with Gasteiger partial charge < -0.3 is 9.64 Å². The summed E-state index contributed by atoms with van der Waals surface area (Å²) < 4.78 is 75.0. The highest BCUT2D eigenvalue weighted by Crippen LogP contribution is 2.32. The molecule has 4 aromatic heterocycles. The standard InChI is InChI=1S/C23H21F5N6O2/c1-36-5-3-13-2-4-32(10-13)22(35)17-7-18-15(8-29-17)20(31-34(18)12-23(26,27)28)19-9-30-21-16(25)6-14(24)11-33(19)21/h6-9,11,13H,2-5,10,12H2,1H3. The molecule has 0 N–H and O–H groups in total. The highest BCUT2D eigenvalue weighted by Gasteiger charge is 2.32. The maximum Gasteiger partial charge on any atom is 0.408 e. The zero-order valence-corrected chi connectivity index (χ0v) is 19.1. The van der Waals surface area contributed by atoms with E-state index < -0.39 is 30.3 Å². The molecule has 0 spiro atoms. The molecule has 1 aliphatic rings. The van der Waals surface area contributed by atoms with Crippen LogP contribution >= 0.6 is 0 Å². The van der Waals surface area contributed by atoms with E-state index in [2.05, 4.69) is 15.1 Å². The molecule has 5 heterocycles. The second-order valence-electron chi connectivity index (χ2n) is 8.74. The molecule has 8 nitrogen and oxygen atoms in total. The fraction of sp³-hybridized carbons (Fsp3) is 0.391. The Balaban J connectivity index is 1.56. The van der Waals surface area contributed by atoms with Crippen molar-refractivity contribution in [2.75, 3.05) is 26.8 Å². The molecule has 0 aliphatic carbocycles. The number of aromatic nitrogens is 5. The molecule has 1 saturated heterocycles. The van der Waals surface area contributed by atoms with E-state index in [0.29, 0.717) is 30.4 Å². The van der Waals surface area contributed by atoms with Crippen LogP contribution in [-0.4, -0.2) is 67.9 Å². The number of alkyl halides is 3. The predicted octanol–water partition coefficient (Wildman–Crippen LogP) is 4.09. The first kappa shape index (κ1) is 24.1. The maximum absolute atomic E-state index is 14.1. The van der Waals surface area contributed by atoms with Gasteiger partial charge in [-0.15, -0.1) is 0 Å². The van der Waals surface area contributed by atoms with E-state index in [4.69, 9.17) is 4.74 Å². The SMILES string of the molecule is COCCC1CCN(C(=O)c2cc3c(cn2)c(-c2cnc4c(F)cc(F)cn24)nn3CC(F)(F)F)C1. The lowest BCUT2D eigenvalue weighted by Gasteiger charge is -2.16. The van der Waals surface area contributed by atoms with Gasteiger partial charge >= 0.3 is 6.18 Å². The molecule has 1 atom stereocenters. The van der Waals surface area contributed by atoms with Crippen LogP contribution in [0.25, 0.3) is 27.9 Å². The molecule has 0 bridgehead atoms. The number of ether oxygens (including phenoxy) is 1. The van der Waals surface area contributed by atoms with Crippen LogP contribution in [0.4, 0.5) is 22.0 Å². The van der Waals surface area contributed by atoms with Gasteiger partial charge in [-0.3, -0.25) is 18.9 Å². The fourth-order valence-electron chi connectivity index (χ4n) is 4.55. The van der Waals surface area contributed by atoms with Crippen LogP contribution in [0, 0.1) is 17.6 Å². The number of fused-ring (bicyclic) bond motifs is 2. The number of methoxy groups -OCH3 is 1. The first-order chi connectivity index (χ1) is 17.1. The summed E-state index contributed by atoms with van der Waals surface area (Å²) in [7, 11) is 1.61. The van der Waals surface area contributed by atoms with E-state index in [1.165, 1.54) is 18.5 Å². The second kappa shape index (κ2) is 9.12. The van der Waals surface area contributed by atoms with Crippen LogP contribution in [0.15, 0.2) is 30.7 Å². The van der Waals surface area contributed by atoms with E-state index in [-0.39, 0.29) is 39.5 Å². The molecule has 1 unspecified atom stereocenters. The second-order valence-corrected chi connectivity index (χ2v) is 8.74. The van der Waals surface area contributed by atoms with Gasteiger partial charge in [0.1, 0.15) is 23.7 Å². The minimum absolute atomic E-state index is 0.000879. The Labute approximate surface area is 201 Å². The number of pyridine rings is 2. The molecule has 36 heavy (non-hydrogen) atoms. The number of hydrogen-bond acceptors (Lipinski definition) is 5. The summed E-state index contributed by atoms with van der Waals surface area (Å²) in [5.74, 6) is -1.94. The number of amides is 1. The van der Waals surface area contributed by atoms with Crippen molar-refractivity contribution in [2.45, 2.75) is 25.6 Å². The summed E-state index contributed by atoms with van der Waals surface area (Å²) in [4.78, 5) is 22.8. The van der Waals surface area contributed by atoms with Crippen molar-refractivity contribution in [1.82, 2.24) is 29.0 Å². The van der Waals surface area contributed by atoms with Gasteiger partial charge in [-0.25, -0.2) is 13.8 Å². The minimum atomic E-state index is -4.61. The van der Waals surface area contributed by atoms with Crippen molar-refractivity contribution < 1.29 is 31.5 Å². The molecular weight excluding hydrogens is 487 g/mol. The normalized spacial score (nSPS) is 16.5. The van der Waals surface area contributed by atoms with E-state index in [1.807, 2.05) is 0 Å². The number of carbonyl (C=O) groups excluding carboxylic acids is 1. The monoisotopic (exact) mass is 508 g/mol. The summed E-state index contributed by atoms with van der Waals surface area (Å²) in [6, 6.07) is 1.93. The van der Waals surface area contributed by atoms with E-state index >= 15 is 0 Å². The zero-order valence-electron chi connectivity index (χ0n) is 19.1. The molecule has 0 aromatic carbocycles. The number of rotatable bonds is 6. The quantitative estimate of drug-likeness (QED) is 0.367. The Morgan fingerprint density at radius 2 is 2.00 bits per heavy atom. The van der Waals surface area contributed by atoms with Gasteiger partial charge in [-0.1, -0.05) is 0 Å². The lowest BCUT2D eigenvalue weighted by Crippen LogP contribution is -2.29. The largest absolute Gasteiger partial charge is 0.408 e. The molecule has 13 heteroatoms. The maximum atomic E-state index is 14.1. The fourth-order valence-corrected chi connectivity index (χ4v) is 4.55. The first-order valence-electron chi connectivity index (χ1n) is 11.2. The minimum Gasteiger partial charge on any atom is -0.385 e. The van der Waals surface area contributed by atoms with Gasteiger partial charge in [0.05, 0.1) is 17.4 Å². The van der Waals surface area contributed by atoms with Gasteiger partial charge in [0.2, 0.25) is 0 Å². The van der Waals surface area contributed by atoms with Gasteiger partial charge in [0.25, 0.3) is 5.91 Å². The smallest absolute Gasteiger partial charge is 0.385 e. The van der Waals surface area contributed by atoms with Crippen LogP contribution in [0.1, 0.15) is 23.3 Å². The van der Waals surface area contributed by atoms with Gasteiger partial charge in [0.15, 0.2) is 11.5 Å².